The zero-order valence-corrected chi connectivity index (χ0v) is 20.1. The Morgan fingerprint density at radius 1 is 1.21 bits per heavy atom. The smallest absolute Gasteiger partial charge is 0.433 e. The maximum atomic E-state index is 13.5. The molecule has 2 unspecified atom stereocenters. The fraction of sp³-hybridized carbons (Fsp3) is 0.318. The summed E-state index contributed by atoms with van der Waals surface area (Å²) >= 11 is 0. The Hall–Kier alpha value is -4.80. The maximum absolute atomic E-state index is 13.5. The topological polar surface area (TPSA) is 214 Å². The predicted octanol–water partition coefficient (Wildman–Crippen LogP) is 0.319. The van der Waals surface area contributed by atoms with Crippen LogP contribution in [0.15, 0.2) is 35.3 Å². The first-order valence-corrected chi connectivity index (χ1v) is 11.0. The zero-order chi connectivity index (χ0) is 28.9. The second-order valence-electron chi connectivity index (χ2n) is 8.05. The number of H-pyrrole nitrogens is 1. The van der Waals surface area contributed by atoms with Crippen molar-refractivity contribution < 1.29 is 42.5 Å². The van der Waals surface area contributed by atoms with Crippen molar-refractivity contribution in [3.8, 4) is 0 Å². The van der Waals surface area contributed by atoms with Crippen LogP contribution in [0.4, 0.5) is 24.8 Å². The fourth-order valence-electron chi connectivity index (χ4n) is 3.38. The number of aliphatic hydroxyl groups is 1. The molecule has 0 saturated carbocycles. The second kappa shape index (κ2) is 11.7. The van der Waals surface area contributed by atoms with Crippen molar-refractivity contribution in [1.82, 2.24) is 25.3 Å². The number of nitrogens with zero attached hydrogens (tertiary/aromatic N) is 4. The number of fused-ring (bicyclic) bond motifs is 1. The molecule has 1 aromatic carbocycles. The first-order chi connectivity index (χ1) is 18.3. The third-order valence-corrected chi connectivity index (χ3v) is 5.34. The van der Waals surface area contributed by atoms with Gasteiger partial charge in [-0.25, -0.2) is 14.8 Å². The number of nitrogens with two attached hydrogens (primary N) is 1. The number of ether oxygens (including phenoxy) is 1. The number of anilines is 2. The highest BCUT2D eigenvalue weighted by atomic mass is 19.4. The van der Waals surface area contributed by atoms with Gasteiger partial charge in [-0.15, -0.1) is 0 Å². The van der Waals surface area contributed by atoms with Crippen LogP contribution in [0.1, 0.15) is 28.9 Å². The van der Waals surface area contributed by atoms with Crippen LogP contribution in [-0.2, 0) is 20.9 Å². The molecule has 0 saturated heterocycles. The normalized spacial score (nSPS) is 12.9. The number of hydrogen-bond acceptors (Lipinski definition) is 11. The van der Waals surface area contributed by atoms with Gasteiger partial charge in [-0.1, -0.05) is 0 Å². The minimum Gasteiger partial charge on any atom is -0.480 e. The quantitative estimate of drug-likeness (QED) is 0.170. The Balaban J connectivity index is 1.85. The molecule has 3 aromatic rings. The Morgan fingerprint density at radius 3 is 2.46 bits per heavy atom. The van der Waals surface area contributed by atoms with E-state index in [1.807, 2.05) is 0 Å². The van der Waals surface area contributed by atoms with Crippen LogP contribution >= 0.6 is 0 Å². The first kappa shape index (κ1) is 28.8. The molecule has 0 spiro atoms. The van der Waals surface area contributed by atoms with Gasteiger partial charge in [0, 0.05) is 17.7 Å². The number of amides is 1. The molecule has 2 aromatic heterocycles. The number of carboxylic acid groups (broad SMARTS) is 1. The summed E-state index contributed by atoms with van der Waals surface area (Å²) < 4.78 is 44.9. The lowest BCUT2D eigenvalue weighted by molar-refractivity contribution is -0.203. The highest BCUT2D eigenvalue weighted by Crippen LogP contribution is 2.29. The van der Waals surface area contributed by atoms with E-state index in [0.717, 1.165) is 37.6 Å². The third kappa shape index (κ3) is 7.16. The number of halogens is 3. The van der Waals surface area contributed by atoms with Gasteiger partial charge in [0.15, 0.2) is 11.2 Å². The lowest BCUT2D eigenvalue weighted by atomic mass is 10.1. The predicted molar refractivity (Wildman–Crippen MR) is 127 cm³/mol. The number of benzene rings is 1. The first-order valence-electron chi connectivity index (χ1n) is 11.0. The Labute approximate surface area is 216 Å². The van der Waals surface area contributed by atoms with Gasteiger partial charge >= 0.3 is 18.1 Å². The number of aromatic amines is 1. The van der Waals surface area contributed by atoms with Crippen molar-refractivity contribution in [2.45, 2.75) is 37.8 Å². The molecule has 0 bridgehead atoms. The number of carbonyl (C=O) groups excluding carboxylic acids is 2. The molecule has 0 radical (unpaired) electrons. The molecular weight excluding hydrogens is 531 g/mol. The molecule has 2 heterocycles. The largest absolute Gasteiger partial charge is 0.480 e. The number of rotatable bonds is 10. The standard InChI is InChI=1S/C22H22F3N7O7/c1-39-14(33)7-6-13(19(36)37)29-17(34)10-2-4-12(5-3-10)32(20(38)22(23,24)25)9-11-8-27-16-15(28-11)18(35)31-21(26)30-16/h2-5,8,13,20,38H,6-7,9H2,1H3,(H,29,34)(H,36,37)(H3,26,27,30,31,35). The molecule has 0 fully saturated rings. The molecule has 1 amide bonds. The van der Waals surface area contributed by atoms with Gasteiger partial charge in [0.25, 0.3) is 11.5 Å². The van der Waals surface area contributed by atoms with Crippen LogP contribution in [0.5, 0.6) is 0 Å². The summed E-state index contributed by atoms with van der Waals surface area (Å²) in [5, 5.41) is 21.5. The van der Waals surface area contributed by atoms with E-state index < -0.39 is 48.4 Å². The van der Waals surface area contributed by atoms with E-state index in [1.54, 1.807) is 0 Å². The number of carboxylic acids is 1. The van der Waals surface area contributed by atoms with Crippen LogP contribution < -0.4 is 21.5 Å². The number of nitrogen functional groups attached to an aromatic ring is 1. The minimum absolute atomic E-state index is 0.106. The second-order valence-corrected chi connectivity index (χ2v) is 8.05. The van der Waals surface area contributed by atoms with Gasteiger partial charge in [0.1, 0.15) is 6.04 Å². The number of nitrogens with one attached hydrogen (secondary N) is 2. The maximum Gasteiger partial charge on any atom is 0.433 e. The SMILES string of the molecule is COC(=O)CCC(NC(=O)c1ccc(N(Cc2cnc3nc(N)[nH]c(=O)c3n2)C(O)C(F)(F)F)cc1)C(=O)O. The number of aliphatic hydroxyl groups excluding tert-OH is 1. The average Bonchev–Trinajstić information content (AvgIpc) is 2.88. The number of alkyl halides is 3. The summed E-state index contributed by atoms with van der Waals surface area (Å²) in [5.74, 6) is -3.18. The van der Waals surface area contributed by atoms with Crippen LogP contribution in [0.2, 0.25) is 0 Å². The summed E-state index contributed by atoms with van der Waals surface area (Å²) in [6.07, 6.45) is -7.57. The molecule has 0 aliphatic carbocycles. The molecule has 208 valence electrons. The van der Waals surface area contributed by atoms with E-state index in [9.17, 15) is 42.6 Å². The Bertz CT molecular complexity index is 1430. The van der Waals surface area contributed by atoms with Crippen molar-refractivity contribution in [3.05, 3.63) is 52.1 Å². The molecule has 39 heavy (non-hydrogen) atoms. The summed E-state index contributed by atoms with van der Waals surface area (Å²) in [4.78, 5) is 61.7. The summed E-state index contributed by atoms with van der Waals surface area (Å²) in [6, 6.07) is 2.99. The monoisotopic (exact) mass is 553 g/mol. The van der Waals surface area contributed by atoms with Crippen molar-refractivity contribution in [2.24, 2.45) is 0 Å². The van der Waals surface area contributed by atoms with Crippen LogP contribution in [0.25, 0.3) is 11.2 Å². The molecule has 0 aliphatic rings. The highest BCUT2D eigenvalue weighted by molar-refractivity contribution is 5.97. The number of hydrogen-bond donors (Lipinski definition) is 5. The molecule has 0 aliphatic heterocycles. The van der Waals surface area contributed by atoms with E-state index in [4.69, 9.17) is 5.73 Å². The lowest BCUT2D eigenvalue weighted by Crippen LogP contribution is -2.45. The van der Waals surface area contributed by atoms with Crippen LogP contribution in [-0.4, -0.2) is 73.6 Å². The average molecular weight is 553 g/mol. The van der Waals surface area contributed by atoms with Gasteiger partial charge in [-0.3, -0.25) is 19.4 Å². The van der Waals surface area contributed by atoms with Crippen molar-refractivity contribution in [2.75, 3.05) is 17.7 Å². The van der Waals surface area contributed by atoms with Gasteiger partial charge in [0.05, 0.1) is 25.5 Å². The fourth-order valence-corrected chi connectivity index (χ4v) is 3.38. The summed E-state index contributed by atoms with van der Waals surface area (Å²) in [7, 11) is 1.12. The number of esters is 1. The molecule has 3 rings (SSSR count). The molecule has 2 atom stereocenters. The van der Waals surface area contributed by atoms with E-state index in [0.29, 0.717) is 4.90 Å². The zero-order valence-electron chi connectivity index (χ0n) is 20.1. The molecule has 17 heteroatoms. The Morgan fingerprint density at radius 2 is 1.87 bits per heavy atom. The highest BCUT2D eigenvalue weighted by Gasteiger charge is 2.43. The number of carbonyl (C=O) groups is 3. The van der Waals surface area contributed by atoms with Gasteiger partial charge in [-0.05, 0) is 30.7 Å². The van der Waals surface area contributed by atoms with E-state index in [2.05, 4.69) is 30.0 Å². The molecule has 6 N–H and O–H groups in total. The van der Waals surface area contributed by atoms with E-state index in [1.165, 1.54) is 0 Å². The van der Waals surface area contributed by atoms with Crippen molar-refractivity contribution in [3.63, 3.8) is 0 Å². The van der Waals surface area contributed by atoms with Gasteiger partial charge < -0.3 is 30.9 Å². The Kier molecular flexibility index (Phi) is 8.64. The van der Waals surface area contributed by atoms with Gasteiger partial charge in [0.2, 0.25) is 12.2 Å². The number of aliphatic carboxylic acids is 1. The van der Waals surface area contributed by atoms with Crippen molar-refractivity contribution in [1.29, 1.82) is 0 Å². The van der Waals surface area contributed by atoms with Crippen molar-refractivity contribution >= 4 is 40.6 Å². The third-order valence-electron chi connectivity index (χ3n) is 5.34. The molecule has 14 nitrogen and oxygen atoms in total. The van der Waals surface area contributed by atoms with Crippen LogP contribution in [0.3, 0.4) is 0 Å². The minimum atomic E-state index is -5.10. The number of methoxy groups -OCH3 is 1. The summed E-state index contributed by atoms with van der Waals surface area (Å²) in [6.45, 7) is -0.659. The van der Waals surface area contributed by atoms with Crippen LogP contribution in [0, 0.1) is 0 Å². The molecular formula is C22H22F3N7O7. The lowest BCUT2D eigenvalue weighted by Gasteiger charge is -2.31. The summed E-state index contributed by atoms with van der Waals surface area (Å²) in [5.41, 5.74) is 3.83. The van der Waals surface area contributed by atoms with Gasteiger partial charge in [-0.2, -0.15) is 18.2 Å². The number of aromatic nitrogens is 4. The van der Waals surface area contributed by atoms with E-state index >= 15 is 0 Å². The van der Waals surface area contributed by atoms with E-state index in [-0.39, 0.29) is 46.9 Å².